The SMILES string of the molecule is CCN(CC)C(C)(C)C(N)Cc1ccc(Br)cc1F. The molecule has 0 aliphatic heterocycles. The average Bonchev–Trinajstić information content (AvgIpc) is 2.33. The first-order valence-corrected chi connectivity index (χ1v) is 7.56. The van der Waals surface area contributed by atoms with Crippen LogP contribution in [0.25, 0.3) is 0 Å². The van der Waals surface area contributed by atoms with Gasteiger partial charge in [0.25, 0.3) is 0 Å². The summed E-state index contributed by atoms with van der Waals surface area (Å²) in [5.41, 5.74) is 6.85. The lowest BCUT2D eigenvalue weighted by molar-refractivity contribution is 0.106. The van der Waals surface area contributed by atoms with Crippen LogP contribution >= 0.6 is 15.9 Å². The van der Waals surface area contributed by atoms with E-state index >= 15 is 0 Å². The first-order chi connectivity index (χ1) is 8.82. The summed E-state index contributed by atoms with van der Waals surface area (Å²) in [5, 5.41) is 0. The van der Waals surface area contributed by atoms with Crippen molar-refractivity contribution in [1.29, 1.82) is 0 Å². The fourth-order valence-corrected chi connectivity index (χ4v) is 2.78. The molecule has 0 radical (unpaired) electrons. The van der Waals surface area contributed by atoms with Crippen molar-refractivity contribution in [3.63, 3.8) is 0 Å². The number of nitrogens with zero attached hydrogens (tertiary/aromatic N) is 1. The van der Waals surface area contributed by atoms with Crippen molar-refractivity contribution in [2.75, 3.05) is 13.1 Å². The highest BCUT2D eigenvalue weighted by Crippen LogP contribution is 2.23. The Labute approximate surface area is 124 Å². The summed E-state index contributed by atoms with van der Waals surface area (Å²) in [6.45, 7) is 10.4. The van der Waals surface area contributed by atoms with E-state index in [1.165, 1.54) is 6.07 Å². The van der Waals surface area contributed by atoms with Crippen molar-refractivity contribution in [2.45, 2.75) is 45.7 Å². The highest BCUT2D eigenvalue weighted by molar-refractivity contribution is 9.10. The van der Waals surface area contributed by atoms with Gasteiger partial charge in [-0.15, -0.1) is 0 Å². The zero-order valence-corrected chi connectivity index (χ0v) is 13.8. The minimum atomic E-state index is -0.194. The molecule has 108 valence electrons. The van der Waals surface area contributed by atoms with E-state index in [-0.39, 0.29) is 17.4 Å². The Hall–Kier alpha value is -0.450. The third-order valence-electron chi connectivity index (χ3n) is 3.94. The molecule has 0 saturated carbocycles. The summed E-state index contributed by atoms with van der Waals surface area (Å²) < 4.78 is 14.6. The Morgan fingerprint density at radius 1 is 1.32 bits per heavy atom. The highest BCUT2D eigenvalue weighted by atomic mass is 79.9. The standard InChI is InChI=1S/C15H24BrFN2/c1-5-19(6-2)15(3,4)14(18)9-11-7-8-12(16)10-13(11)17/h7-8,10,14H,5-6,9,18H2,1-4H3. The Kier molecular flexibility index (Phi) is 5.96. The van der Waals surface area contributed by atoms with Crippen molar-refractivity contribution >= 4 is 15.9 Å². The monoisotopic (exact) mass is 330 g/mol. The number of benzene rings is 1. The van der Waals surface area contributed by atoms with Crippen LogP contribution in [-0.4, -0.2) is 29.6 Å². The van der Waals surface area contributed by atoms with Gasteiger partial charge in [0.05, 0.1) is 0 Å². The topological polar surface area (TPSA) is 29.3 Å². The molecular formula is C15H24BrFN2. The molecule has 0 saturated heterocycles. The molecule has 0 aromatic heterocycles. The maximum Gasteiger partial charge on any atom is 0.127 e. The Morgan fingerprint density at radius 3 is 2.37 bits per heavy atom. The predicted molar refractivity (Wildman–Crippen MR) is 82.8 cm³/mol. The van der Waals surface area contributed by atoms with E-state index in [2.05, 4.69) is 48.5 Å². The van der Waals surface area contributed by atoms with Crippen LogP contribution in [0, 0.1) is 5.82 Å². The maximum absolute atomic E-state index is 13.9. The van der Waals surface area contributed by atoms with Gasteiger partial charge >= 0.3 is 0 Å². The molecular weight excluding hydrogens is 307 g/mol. The second kappa shape index (κ2) is 6.82. The molecule has 0 aliphatic carbocycles. The van der Waals surface area contributed by atoms with E-state index in [9.17, 15) is 4.39 Å². The Morgan fingerprint density at radius 2 is 1.89 bits per heavy atom. The highest BCUT2D eigenvalue weighted by Gasteiger charge is 2.31. The summed E-state index contributed by atoms with van der Waals surface area (Å²) >= 11 is 3.27. The van der Waals surface area contributed by atoms with Gasteiger partial charge in [0.2, 0.25) is 0 Å². The summed E-state index contributed by atoms with van der Waals surface area (Å²) in [6, 6.07) is 5.04. The third kappa shape index (κ3) is 4.01. The number of likely N-dealkylation sites (N-methyl/N-ethyl adjacent to an activating group) is 1. The molecule has 0 bridgehead atoms. The Balaban J connectivity index is 2.86. The van der Waals surface area contributed by atoms with Gasteiger partial charge in [0.1, 0.15) is 5.82 Å². The number of rotatable bonds is 6. The van der Waals surface area contributed by atoms with Crippen LogP contribution in [0.2, 0.25) is 0 Å². The van der Waals surface area contributed by atoms with Gasteiger partial charge in [-0.1, -0.05) is 35.8 Å². The fraction of sp³-hybridized carbons (Fsp3) is 0.600. The van der Waals surface area contributed by atoms with Gasteiger partial charge < -0.3 is 5.73 Å². The number of halogens is 2. The molecule has 0 aliphatic rings. The van der Waals surface area contributed by atoms with E-state index in [0.29, 0.717) is 12.0 Å². The second-order valence-electron chi connectivity index (χ2n) is 5.37. The minimum Gasteiger partial charge on any atom is -0.326 e. The summed E-state index contributed by atoms with van der Waals surface area (Å²) in [7, 11) is 0. The molecule has 1 atom stereocenters. The van der Waals surface area contributed by atoms with E-state index in [0.717, 1.165) is 17.6 Å². The molecule has 0 amide bonds. The lowest BCUT2D eigenvalue weighted by Crippen LogP contribution is -2.56. The van der Waals surface area contributed by atoms with E-state index < -0.39 is 0 Å². The predicted octanol–water partition coefficient (Wildman–Crippen LogP) is 3.58. The molecule has 4 heteroatoms. The van der Waals surface area contributed by atoms with E-state index in [1.807, 2.05) is 6.07 Å². The lowest BCUT2D eigenvalue weighted by atomic mass is 9.88. The van der Waals surface area contributed by atoms with Crippen LogP contribution in [0.5, 0.6) is 0 Å². The molecule has 1 rings (SSSR count). The number of hydrogen-bond donors (Lipinski definition) is 1. The molecule has 0 spiro atoms. The minimum absolute atomic E-state index is 0.108. The van der Waals surface area contributed by atoms with E-state index in [1.54, 1.807) is 6.07 Å². The number of nitrogens with two attached hydrogens (primary N) is 1. The van der Waals surface area contributed by atoms with Crippen molar-refractivity contribution in [3.8, 4) is 0 Å². The molecule has 2 N–H and O–H groups in total. The third-order valence-corrected chi connectivity index (χ3v) is 4.43. The largest absolute Gasteiger partial charge is 0.326 e. The van der Waals surface area contributed by atoms with Gasteiger partial charge in [-0.25, -0.2) is 4.39 Å². The van der Waals surface area contributed by atoms with Gasteiger partial charge in [0, 0.05) is 16.1 Å². The smallest absolute Gasteiger partial charge is 0.127 e. The summed E-state index contributed by atoms with van der Waals surface area (Å²) in [6.07, 6.45) is 0.544. The molecule has 0 fully saturated rings. The molecule has 1 aromatic carbocycles. The maximum atomic E-state index is 13.9. The van der Waals surface area contributed by atoms with Crippen molar-refractivity contribution < 1.29 is 4.39 Å². The van der Waals surface area contributed by atoms with Gasteiger partial charge in [0.15, 0.2) is 0 Å². The van der Waals surface area contributed by atoms with Crippen LogP contribution in [0.4, 0.5) is 4.39 Å². The zero-order valence-electron chi connectivity index (χ0n) is 12.2. The summed E-state index contributed by atoms with van der Waals surface area (Å²) in [5.74, 6) is -0.194. The van der Waals surface area contributed by atoms with Gasteiger partial charge in [-0.3, -0.25) is 4.90 Å². The van der Waals surface area contributed by atoms with Crippen LogP contribution < -0.4 is 5.73 Å². The Bertz CT molecular complexity index is 417. The second-order valence-corrected chi connectivity index (χ2v) is 6.29. The molecule has 0 heterocycles. The molecule has 1 aromatic rings. The number of hydrogen-bond acceptors (Lipinski definition) is 2. The van der Waals surface area contributed by atoms with Crippen LogP contribution in [0.15, 0.2) is 22.7 Å². The van der Waals surface area contributed by atoms with Crippen LogP contribution in [-0.2, 0) is 6.42 Å². The summed E-state index contributed by atoms with van der Waals surface area (Å²) in [4.78, 5) is 2.31. The van der Waals surface area contributed by atoms with Crippen molar-refractivity contribution in [1.82, 2.24) is 4.90 Å². The normalized spacial score (nSPS) is 13.9. The zero-order chi connectivity index (χ0) is 14.6. The molecule has 19 heavy (non-hydrogen) atoms. The molecule has 2 nitrogen and oxygen atoms in total. The molecule has 1 unspecified atom stereocenters. The first-order valence-electron chi connectivity index (χ1n) is 6.77. The van der Waals surface area contributed by atoms with E-state index in [4.69, 9.17) is 5.73 Å². The van der Waals surface area contributed by atoms with Gasteiger partial charge in [-0.2, -0.15) is 0 Å². The van der Waals surface area contributed by atoms with Crippen molar-refractivity contribution in [2.24, 2.45) is 5.73 Å². The van der Waals surface area contributed by atoms with Crippen molar-refractivity contribution in [3.05, 3.63) is 34.1 Å². The lowest BCUT2D eigenvalue weighted by Gasteiger charge is -2.42. The van der Waals surface area contributed by atoms with Crippen LogP contribution in [0.3, 0.4) is 0 Å². The first kappa shape index (κ1) is 16.6. The quantitative estimate of drug-likeness (QED) is 0.863. The van der Waals surface area contributed by atoms with Crippen LogP contribution in [0.1, 0.15) is 33.3 Å². The average molecular weight is 331 g/mol. The fourth-order valence-electron chi connectivity index (χ4n) is 2.45. The van der Waals surface area contributed by atoms with Gasteiger partial charge in [-0.05, 0) is 51.1 Å².